The number of rotatable bonds is 8. The van der Waals surface area contributed by atoms with E-state index in [4.69, 9.17) is 0 Å². The highest BCUT2D eigenvalue weighted by Gasteiger charge is 2.17. The van der Waals surface area contributed by atoms with Gasteiger partial charge in [-0.1, -0.05) is 26.7 Å². The van der Waals surface area contributed by atoms with Crippen molar-refractivity contribution in [2.45, 2.75) is 39.5 Å². The van der Waals surface area contributed by atoms with Crippen LogP contribution >= 0.6 is 29.0 Å². The van der Waals surface area contributed by atoms with E-state index in [0.29, 0.717) is 0 Å². The zero-order valence-electron chi connectivity index (χ0n) is 7.91. The second-order valence-electron chi connectivity index (χ2n) is 2.60. The molecule has 0 bridgehead atoms. The molecule has 0 radical (unpaired) electrons. The Morgan fingerprint density at radius 1 is 1.00 bits per heavy atom. The van der Waals surface area contributed by atoms with E-state index < -0.39 is 6.20 Å². The smallest absolute Gasteiger partial charge is 0.0654 e. The number of hydrogen-bond donors (Lipinski definition) is 0. The summed E-state index contributed by atoms with van der Waals surface area (Å²) >= 11 is 3.25. The predicted octanol–water partition coefficient (Wildman–Crippen LogP) is 4.71. The SMILES string of the molecule is CCCCS[P+](=O)SCCCC. The molecule has 0 aromatic heterocycles. The quantitative estimate of drug-likeness (QED) is 0.440. The van der Waals surface area contributed by atoms with Crippen LogP contribution in [0.3, 0.4) is 0 Å². The molecule has 0 aromatic rings. The summed E-state index contributed by atoms with van der Waals surface area (Å²) in [5, 5.41) is 0. The molecule has 0 saturated carbocycles. The van der Waals surface area contributed by atoms with Crippen LogP contribution in [0.15, 0.2) is 0 Å². The number of unbranched alkanes of at least 4 members (excludes halogenated alkanes) is 2. The Hall–Kier alpha value is 0.800. The highest BCUT2D eigenvalue weighted by Crippen LogP contribution is 2.50. The molecule has 0 aliphatic carbocycles. The van der Waals surface area contributed by atoms with Crippen LogP contribution in [0.25, 0.3) is 0 Å². The first-order chi connectivity index (χ1) is 5.81. The lowest BCUT2D eigenvalue weighted by molar-refractivity contribution is 0.603. The van der Waals surface area contributed by atoms with Crippen molar-refractivity contribution in [1.82, 2.24) is 0 Å². The maximum atomic E-state index is 11.3. The molecular formula is C8H18OPS2+. The van der Waals surface area contributed by atoms with Gasteiger partial charge in [-0.05, 0) is 17.4 Å². The molecule has 1 nitrogen and oxygen atoms in total. The molecule has 72 valence electrons. The number of hydrogen-bond acceptors (Lipinski definition) is 3. The van der Waals surface area contributed by atoms with E-state index in [1.54, 1.807) is 22.8 Å². The van der Waals surface area contributed by atoms with E-state index in [0.717, 1.165) is 11.5 Å². The molecule has 12 heavy (non-hydrogen) atoms. The zero-order chi connectivity index (χ0) is 9.23. The second kappa shape index (κ2) is 9.88. The van der Waals surface area contributed by atoms with Crippen molar-refractivity contribution in [3.8, 4) is 0 Å². The first kappa shape index (κ1) is 12.8. The second-order valence-corrected chi connectivity index (χ2v) is 8.61. The lowest BCUT2D eigenvalue weighted by Gasteiger charge is -1.87. The third-order valence-electron chi connectivity index (χ3n) is 1.39. The van der Waals surface area contributed by atoms with Gasteiger partial charge in [0.05, 0.1) is 0 Å². The molecule has 0 amide bonds. The fourth-order valence-corrected chi connectivity index (χ4v) is 5.72. The van der Waals surface area contributed by atoms with Crippen LogP contribution in [0, 0.1) is 0 Å². The van der Waals surface area contributed by atoms with Gasteiger partial charge in [0.15, 0.2) is 0 Å². The van der Waals surface area contributed by atoms with E-state index in [9.17, 15) is 4.57 Å². The Labute approximate surface area is 84.7 Å². The lowest BCUT2D eigenvalue weighted by atomic mass is 10.4. The first-order valence-electron chi connectivity index (χ1n) is 4.54. The van der Waals surface area contributed by atoms with E-state index in [2.05, 4.69) is 13.8 Å². The van der Waals surface area contributed by atoms with Gasteiger partial charge in [0.2, 0.25) is 0 Å². The molecule has 0 aromatic carbocycles. The Morgan fingerprint density at radius 2 is 1.42 bits per heavy atom. The Morgan fingerprint density at radius 3 is 1.75 bits per heavy atom. The maximum absolute atomic E-state index is 11.3. The summed E-state index contributed by atoms with van der Waals surface area (Å²) in [6.07, 6.45) is 3.78. The monoisotopic (exact) mass is 225 g/mol. The summed E-state index contributed by atoms with van der Waals surface area (Å²) in [4.78, 5) is 0. The molecule has 0 fully saturated rings. The standard InChI is InChI=1S/C8H18OPS2/c1-3-5-7-11-10(9)12-8-6-4-2/h3-8H2,1-2H3/q+1. The highest BCUT2D eigenvalue weighted by molar-refractivity contribution is 8.84. The molecule has 0 spiro atoms. The molecule has 0 N–H and O–H groups in total. The Kier molecular flexibility index (Phi) is 10.5. The normalized spacial score (nSPS) is 10.2. The van der Waals surface area contributed by atoms with Gasteiger partial charge in [-0.15, -0.1) is 0 Å². The Balaban J connectivity index is 3.10. The maximum Gasteiger partial charge on any atom is 0.483 e. The average molecular weight is 225 g/mol. The Bertz CT molecular complexity index is 108. The van der Waals surface area contributed by atoms with Crippen LogP contribution in [0.4, 0.5) is 0 Å². The van der Waals surface area contributed by atoms with Gasteiger partial charge in [0.1, 0.15) is 22.8 Å². The van der Waals surface area contributed by atoms with Crippen molar-refractivity contribution in [2.24, 2.45) is 0 Å². The van der Waals surface area contributed by atoms with Gasteiger partial charge in [-0.25, -0.2) is 0 Å². The predicted molar refractivity (Wildman–Crippen MR) is 62.3 cm³/mol. The van der Waals surface area contributed by atoms with Gasteiger partial charge in [0, 0.05) is 11.5 Å². The van der Waals surface area contributed by atoms with Gasteiger partial charge >= 0.3 is 6.20 Å². The van der Waals surface area contributed by atoms with Crippen LogP contribution in [-0.4, -0.2) is 11.5 Å². The fraction of sp³-hybridized carbons (Fsp3) is 1.00. The zero-order valence-corrected chi connectivity index (χ0v) is 10.4. The average Bonchev–Trinajstić information content (AvgIpc) is 2.06. The summed E-state index contributed by atoms with van der Waals surface area (Å²) in [5.41, 5.74) is 0. The summed E-state index contributed by atoms with van der Waals surface area (Å²) in [5.74, 6) is 2.12. The van der Waals surface area contributed by atoms with Crippen LogP contribution in [-0.2, 0) is 4.57 Å². The van der Waals surface area contributed by atoms with Crippen molar-refractivity contribution in [2.75, 3.05) is 11.5 Å². The molecule has 0 saturated heterocycles. The molecule has 0 unspecified atom stereocenters. The molecule has 0 rings (SSSR count). The fourth-order valence-electron chi connectivity index (χ4n) is 0.604. The molecule has 0 aliphatic rings. The molecule has 4 heteroatoms. The van der Waals surface area contributed by atoms with Crippen LogP contribution < -0.4 is 0 Å². The van der Waals surface area contributed by atoms with Crippen LogP contribution in [0.5, 0.6) is 0 Å². The molecular weight excluding hydrogens is 207 g/mol. The van der Waals surface area contributed by atoms with Gasteiger partial charge < -0.3 is 0 Å². The first-order valence-corrected chi connectivity index (χ1v) is 8.98. The van der Waals surface area contributed by atoms with E-state index >= 15 is 0 Å². The van der Waals surface area contributed by atoms with E-state index in [1.165, 1.54) is 25.7 Å². The topological polar surface area (TPSA) is 17.1 Å². The molecule has 0 aliphatic heterocycles. The minimum absolute atomic E-state index is 1.02. The summed E-state index contributed by atoms with van der Waals surface area (Å²) in [6.45, 7) is 4.33. The summed E-state index contributed by atoms with van der Waals surface area (Å²) < 4.78 is 11.3. The largest absolute Gasteiger partial charge is 0.483 e. The van der Waals surface area contributed by atoms with Crippen molar-refractivity contribution in [1.29, 1.82) is 0 Å². The summed E-state index contributed by atoms with van der Waals surface area (Å²) in [6, 6.07) is 0. The van der Waals surface area contributed by atoms with E-state index in [1.807, 2.05) is 0 Å². The third-order valence-corrected chi connectivity index (χ3v) is 7.01. The highest BCUT2D eigenvalue weighted by atomic mass is 33.1. The minimum atomic E-state index is -1.02. The van der Waals surface area contributed by atoms with E-state index in [-0.39, 0.29) is 0 Å². The van der Waals surface area contributed by atoms with Crippen molar-refractivity contribution in [3.05, 3.63) is 0 Å². The lowest BCUT2D eigenvalue weighted by Crippen LogP contribution is -1.74. The van der Waals surface area contributed by atoms with Gasteiger partial charge in [0.25, 0.3) is 0 Å². The summed E-state index contributed by atoms with van der Waals surface area (Å²) in [7, 11) is 0. The molecule has 0 heterocycles. The van der Waals surface area contributed by atoms with Crippen LogP contribution in [0.2, 0.25) is 0 Å². The van der Waals surface area contributed by atoms with Gasteiger partial charge in [-0.2, -0.15) is 0 Å². The van der Waals surface area contributed by atoms with Crippen molar-refractivity contribution in [3.63, 3.8) is 0 Å². The third kappa shape index (κ3) is 8.89. The van der Waals surface area contributed by atoms with Crippen molar-refractivity contribution < 1.29 is 4.57 Å². The van der Waals surface area contributed by atoms with Gasteiger partial charge in [-0.3, -0.25) is 0 Å². The van der Waals surface area contributed by atoms with Crippen molar-refractivity contribution >= 4 is 29.0 Å². The molecule has 0 atom stereocenters. The minimum Gasteiger partial charge on any atom is -0.0654 e. The van der Waals surface area contributed by atoms with Crippen LogP contribution in [0.1, 0.15) is 39.5 Å².